The highest BCUT2D eigenvalue weighted by molar-refractivity contribution is 6.31. The number of anilines is 1. The van der Waals surface area contributed by atoms with Gasteiger partial charge < -0.3 is 10.6 Å². The lowest BCUT2D eigenvalue weighted by molar-refractivity contribution is -0.133. The number of halogens is 2. The number of hydrogen-bond donors (Lipinski definition) is 2. The van der Waals surface area contributed by atoms with Gasteiger partial charge in [-0.1, -0.05) is 23.7 Å². The number of nitrogens with one attached hydrogen (secondary N) is 2. The van der Waals surface area contributed by atoms with Gasteiger partial charge in [-0.2, -0.15) is 5.26 Å². The van der Waals surface area contributed by atoms with Crippen LogP contribution in [0.15, 0.2) is 42.5 Å². The van der Waals surface area contributed by atoms with Crippen LogP contribution in [0, 0.1) is 17.1 Å². The van der Waals surface area contributed by atoms with Crippen LogP contribution >= 0.6 is 11.6 Å². The summed E-state index contributed by atoms with van der Waals surface area (Å²) in [6.07, 6.45) is 0. The van der Waals surface area contributed by atoms with E-state index in [0.29, 0.717) is 10.6 Å². The van der Waals surface area contributed by atoms with Gasteiger partial charge in [-0.05, 0) is 42.8 Å². The molecule has 2 aromatic carbocycles. The third-order valence-corrected chi connectivity index (χ3v) is 4.61. The molecule has 0 bridgehead atoms. The molecule has 0 radical (unpaired) electrons. The van der Waals surface area contributed by atoms with E-state index in [2.05, 4.69) is 10.6 Å². The van der Waals surface area contributed by atoms with Crippen molar-refractivity contribution in [2.45, 2.75) is 12.5 Å². The maximum absolute atomic E-state index is 13.2. The molecule has 0 aliphatic carbocycles. The van der Waals surface area contributed by atoms with Crippen LogP contribution in [-0.2, 0) is 15.1 Å². The quantitative estimate of drug-likeness (QED) is 0.770. The lowest BCUT2D eigenvalue weighted by Gasteiger charge is -2.22. The van der Waals surface area contributed by atoms with Crippen LogP contribution in [0.1, 0.15) is 18.1 Å². The largest absolute Gasteiger partial charge is 0.325 e. The van der Waals surface area contributed by atoms with E-state index < -0.39 is 35.7 Å². The average Bonchev–Trinajstić information content (AvgIpc) is 2.86. The number of nitriles is 1. The van der Waals surface area contributed by atoms with Gasteiger partial charge in [0.05, 0.1) is 11.3 Å². The number of nitrogens with zero attached hydrogens (tertiary/aromatic N) is 2. The molecule has 9 heteroatoms. The Balaban J connectivity index is 1.78. The van der Waals surface area contributed by atoms with Gasteiger partial charge in [0.25, 0.3) is 5.91 Å². The molecule has 0 spiro atoms. The second-order valence-corrected chi connectivity index (χ2v) is 6.74. The fourth-order valence-corrected chi connectivity index (χ4v) is 3.04. The van der Waals surface area contributed by atoms with E-state index in [1.807, 2.05) is 6.07 Å². The molecule has 1 saturated heterocycles. The first kappa shape index (κ1) is 19.3. The summed E-state index contributed by atoms with van der Waals surface area (Å²) in [5, 5.41) is 14.4. The molecule has 1 unspecified atom stereocenters. The van der Waals surface area contributed by atoms with Gasteiger partial charge in [-0.15, -0.1) is 0 Å². The summed E-state index contributed by atoms with van der Waals surface area (Å²) in [7, 11) is 0. The first-order valence-corrected chi connectivity index (χ1v) is 8.52. The second-order valence-electron chi connectivity index (χ2n) is 6.30. The number of benzene rings is 2. The second kappa shape index (κ2) is 7.29. The van der Waals surface area contributed by atoms with Crippen LogP contribution in [0.25, 0.3) is 0 Å². The van der Waals surface area contributed by atoms with E-state index in [1.165, 1.54) is 49.4 Å². The number of rotatable bonds is 4. The zero-order valence-corrected chi connectivity index (χ0v) is 15.4. The Bertz CT molecular complexity index is 1020. The highest BCUT2D eigenvalue weighted by atomic mass is 35.5. The summed E-state index contributed by atoms with van der Waals surface area (Å²) in [5.74, 6) is -1.80. The van der Waals surface area contributed by atoms with Crippen molar-refractivity contribution in [1.82, 2.24) is 10.2 Å². The molecule has 2 aromatic rings. The maximum Gasteiger partial charge on any atom is 0.325 e. The van der Waals surface area contributed by atoms with Gasteiger partial charge in [0.15, 0.2) is 0 Å². The number of imide groups is 1. The van der Waals surface area contributed by atoms with Gasteiger partial charge in [0.2, 0.25) is 5.91 Å². The molecular weight excluding hydrogens is 387 g/mol. The van der Waals surface area contributed by atoms with E-state index >= 15 is 0 Å². The molecule has 1 heterocycles. The molecule has 3 rings (SSSR count). The van der Waals surface area contributed by atoms with Crippen molar-refractivity contribution in [1.29, 1.82) is 5.26 Å². The Kier molecular flexibility index (Phi) is 5.03. The molecule has 142 valence electrons. The highest BCUT2D eigenvalue weighted by Gasteiger charge is 2.49. The van der Waals surface area contributed by atoms with E-state index in [0.717, 1.165) is 4.90 Å². The standard InChI is InChI=1S/C19H14ClFN4O3/c1-19(12-3-6-14(21)7-4-12)17(27)25(18(28)24-19)10-16(26)23-15-8-13(20)5-2-11(15)9-22/h2-8H,10H2,1H3,(H,23,26)(H,24,28). The average molecular weight is 401 g/mol. The smallest absolute Gasteiger partial charge is 0.323 e. The Labute approximate surface area is 164 Å². The molecular formula is C19H14ClFN4O3. The van der Waals surface area contributed by atoms with Crippen molar-refractivity contribution in [2.75, 3.05) is 11.9 Å². The Hall–Kier alpha value is -3.44. The highest BCUT2D eigenvalue weighted by Crippen LogP contribution is 2.29. The van der Waals surface area contributed by atoms with Crippen molar-refractivity contribution in [3.8, 4) is 6.07 Å². The van der Waals surface area contributed by atoms with E-state index in [-0.39, 0.29) is 11.3 Å². The summed E-state index contributed by atoms with van der Waals surface area (Å²) in [6, 6.07) is 10.6. The molecule has 28 heavy (non-hydrogen) atoms. The first-order chi connectivity index (χ1) is 13.2. The minimum Gasteiger partial charge on any atom is -0.323 e. The molecule has 0 aromatic heterocycles. The van der Waals surface area contributed by atoms with Crippen LogP contribution in [0.3, 0.4) is 0 Å². The topological polar surface area (TPSA) is 102 Å². The maximum atomic E-state index is 13.2. The van der Waals surface area contributed by atoms with Crippen LogP contribution in [0.4, 0.5) is 14.9 Å². The van der Waals surface area contributed by atoms with Crippen molar-refractivity contribution in [3.05, 3.63) is 64.4 Å². The molecule has 1 aliphatic heterocycles. The number of amides is 4. The number of urea groups is 1. The van der Waals surface area contributed by atoms with Gasteiger partial charge in [-0.25, -0.2) is 9.18 Å². The van der Waals surface area contributed by atoms with Crippen LogP contribution in [-0.4, -0.2) is 29.3 Å². The minimum absolute atomic E-state index is 0.174. The molecule has 1 fully saturated rings. The number of carbonyl (C=O) groups is 3. The lowest BCUT2D eigenvalue weighted by atomic mass is 9.92. The number of carbonyl (C=O) groups excluding carboxylic acids is 3. The van der Waals surface area contributed by atoms with Crippen LogP contribution < -0.4 is 10.6 Å². The SMILES string of the molecule is CC1(c2ccc(F)cc2)NC(=O)N(CC(=O)Nc2cc(Cl)ccc2C#N)C1=O. The molecule has 0 saturated carbocycles. The third kappa shape index (κ3) is 3.52. The van der Waals surface area contributed by atoms with Gasteiger partial charge in [-0.3, -0.25) is 14.5 Å². The van der Waals surface area contributed by atoms with E-state index in [9.17, 15) is 18.8 Å². The van der Waals surface area contributed by atoms with Crippen molar-refractivity contribution in [3.63, 3.8) is 0 Å². The monoisotopic (exact) mass is 400 g/mol. The van der Waals surface area contributed by atoms with E-state index in [4.69, 9.17) is 16.9 Å². The predicted octanol–water partition coefficient (Wildman–Crippen LogP) is 2.76. The zero-order valence-electron chi connectivity index (χ0n) is 14.6. The normalized spacial score (nSPS) is 18.6. The fraction of sp³-hybridized carbons (Fsp3) is 0.158. The van der Waals surface area contributed by atoms with Gasteiger partial charge in [0, 0.05) is 5.02 Å². The van der Waals surface area contributed by atoms with Crippen molar-refractivity contribution < 1.29 is 18.8 Å². The molecule has 1 atom stereocenters. The van der Waals surface area contributed by atoms with Crippen LogP contribution in [0.2, 0.25) is 5.02 Å². The van der Waals surface area contributed by atoms with Crippen LogP contribution in [0.5, 0.6) is 0 Å². The Morgan fingerprint density at radius 2 is 1.96 bits per heavy atom. The predicted molar refractivity (Wildman–Crippen MR) is 98.8 cm³/mol. The number of hydrogen-bond acceptors (Lipinski definition) is 4. The molecule has 4 amide bonds. The third-order valence-electron chi connectivity index (χ3n) is 4.37. The summed E-state index contributed by atoms with van der Waals surface area (Å²) < 4.78 is 13.2. The van der Waals surface area contributed by atoms with Crippen molar-refractivity contribution >= 4 is 35.1 Å². The summed E-state index contributed by atoms with van der Waals surface area (Å²) >= 11 is 5.87. The van der Waals surface area contributed by atoms with Gasteiger partial charge >= 0.3 is 6.03 Å². The minimum atomic E-state index is -1.42. The summed E-state index contributed by atoms with van der Waals surface area (Å²) in [5.41, 5.74) is -0.671. The molecule has 2 N–H and O–H groups in total. The van der Waals surface area contributed by atoms with E-state index in [1.54, 1.807) is 0 Å². The summed E-state index contributed by atoms with van der Waals surface area (Å²) in [4.78, 5) is 38.2. The lowest BCUT2D eigenvalue weighted by Crippen LogP contribution is -2.42. The van der Waals surface area contributed by atoms with Gasteiger partial charge in [0.1, 0.15) is 24.0 Å². The summed E-state index contributed by atoms with van der Waals surface area (Å²) in [6.45, 7) is 0.919. The molecule has 7 nitrogen and oxygen atoms in total. The van der Waals surface area contributed by atoms with Crippen molar-refractivity contribution in [2.24, 2.45) is 0 Å². The zero-order chi connectivity index (χ0) is 20.5. The Morgan fingerprint density at radius 1 is 1.29 bits per heavy atom. The first-order valence-electron chi connectivity index (χ1n) is 8.14. The molecule has 1 aliphatic rings. The Morgan fingerprint density at radius 3 is 2.61 bits per heavy atom. The fourth-order valence-electron chi connectivity index (χ4n) is 2.87.